The third kappa shape index (κ3) is 40.9. The Hall–Kier alpha value is -4.27. The van der Waals surface area contributed by atoms with Gasteiger partial charge in [-0.3, -0.25) is 9.59 Å². The zero-order chi connectivity index (χ0) is 44.9. The van der Waals surface area contributed by atoms with E-state index in [4.69, 9.17) is 14.2 Å². The van der Waals surface area contributed by atoms with Crippen molar-refractivity contribution in [2.45, 2.75) is 154 Å². The van der Waals surface area contributed by atoms with Gasteiger partial charge in [-0.15, -0.1) is 0 Å². The zero-order valence-electron chi connectivity index (χ0n) is 38.8. The molecule has 0 bridgehead atoms. The summed E-state index contributed by atoms with van der Waals surface area (Å²) in [6, 6.07) is -0.744. The predicted molar refractivity (Wildman–Crippen MR) is 254 cm³/mol. The Bertz CT molecular complexity index is 1400. The van der Waals surface area contributed by atoms with Crippen LogP contribution in [0.1, 0.15) is 142 Å². The SMILES string of the molecule is CC/C=C/C=C/C=C/C=C/CCCCCCCC(=O)OCC(COCCC(C(=O)[O-])[N+](C)(C)C)OC(=O)CCCCC/C=C/C/C=C/C/C=C/C/C=C/C/C=C/C/C=C/CC. The summed E-state index contributed by atoms with van der Waals surface area (Å²) in [5.74, 6) is -1.83. The van der Waals surface area contributed by atoms with Gasteiger partial charge < -0.3 is 28.6 Å². The molecule has 0 spiro atoms. The Morgan fingerprint density at radius 3 is 1.49 bits per heavy atom. The lowest BCUT2D eigenvalue weighted by molar-refractivity contribution is -0.889. The van der Waals surface area contributed by atoms with Gasteiger partial charge in [0.05, 0.1) is 40.3 Å². The molecule has 0 rings (SSSR count). The molecule has 8 heteroatoms. The van der Waals surface area contributed by atoms with Gasteiger partial charge in [-0.05, 0) is 83.5 Å². The molecule has 0 radical (unpaired) electrons. The number of unbranched alkanes of at least 4 members (excludes halogenated alkanes) is 8. The Morgan fingerprint density at radius 1 is 0.508 bits per heavy atom. The van der Waals surface area contributed by atoms with Gasteiger partial charge in [0.2, 0.25) is 0 Å². The third-order valence-corrected chi connectivity index (χ3v) is 9.44. The third-order valence-electron chi connectivity index (χ3n) is 9.44. The Morgan fingerprint density at radius 2 is 0.951 bits per heavy atom. The minimum Gasteiger partial charge on any atom is -0.544 e. The first kappa shape index (κ1) is 56.7. The number of rotatable bonds is 39. The molecule has 61 heavy (non-hydrogen) atoms. The number of carboxylic acid groups (broad SMARTS) is 1. The monoisotopic (exact) mass is 846 g/mol. The molecule has 0 aromatic rings. The number of hydrogen-bond acceptors (Lipinski definition) is 7. The molecule has 0 aliphatic carbocycles. The van der Waals surface area contributed by atoms with Crippen molar-refractivity contribution in [2.75, 3.05) is 41.0 Å². The molecule has 0 N–H and O–H groups in total. The number of aliphatic carboxylic acids is 1. The Balaban J connectivity index is 4.45. The second kappa shape index (κ2) is 42.4. The molecule has 2 atom stereocenters. The van der Waals surface area contributed by atoms with Gasteiger partial charge in [-0.2, -0.15) is 0 Å². The van der Waals surface area contributed by atoms with Crippen molar-refractivity contribution < 1.29 is 38.2 Å². The molecule has 0 aliphatic rings. The standard InChI is InChI=1S/C53H83NO7/c1-6-8-10-12-14-16-18-20-22-23-24-25-26-27-28-30-32-34-36-38-40-42-44-52(56)61-49(47-59-46-45-50(53(57)58)54(3,4)5)48-60-51(55)43-41-39-37-35-33-31-29-21-19-17-15-13-11-9-7-2/h8-11,13-17,19-22,24-25,27-29,32,34,49-50H,6-7,12,18,23,26,30-31,33,35-48H2,1-5H3/b10-8+,11-9+,15-13+,16-14+,19-17+,22-20+,25-24+,28-27+,29-21+,34-32+. The number of quaternary nitrogens is 1. The molecule has 0 aliphatic heterocycles. The summed E-state index contributed by atoms with van der Waals surface area (Å²) in [6.07, 6.45) is 59.4. The second-order valence-electron chi connectivity index (χ2n) is 16.0. The minimum atomic E-state index is -1.14. The average Bonchev–Trinajstić information content (AvgIpc) is 3.22. The Labute approximate surface area is 371 Å². The van der Waals surface area contributed by atoms with Crippen LogP contribution in [0.3, 0.4) is 0 Å². The highest BCUT2D eigenvalue weighted by molar-refractivity contribution is 5.70. The number of carbonyl (C=O) groups excluding carboxylic acids is 3. The summed E-state index contributed by atoms with van der Waals surface area (Å²) >= 11 is 0. The second-order valence-corrected chi connectivity index (χ2v) is 16.0. The molecule has 0 aromatic heterocycles. The molecule has 0 amide bonds. The van der Waals surface area contributed by atoms with Crippen LogP contribution in [0.4, 0.5) is 0 Å². The van der Waals surface area contributed by atoms with Crippen LogP contribution < -0.4 is 5.11 Å². The molecule has 342 valence electrons. The van der Waals surface area contributed by atoms with Crippen LogP contribution in [0.2, 0.25) is 0 Å². The van der Waals surface area contributed by atoms with Crippen LogP contribution in [0.25, 0.3) is 0 Å². The zero-order valence-corrected chi connectivity index (χ0v) is 38.8. The molecule has 0 saturated carbocycles. The highest BCUT2D eigenvalue weighted by Gasteiger charge is 2.25. The summed E-state index contributed by atoms with van der Waals surface area (Å²) in [5.41, 5.74) is 0. The normalized spacial score (nSPS) is 14.0. The molecule has 0 saturated heterocycles. The highest BCUT2D eigenvalue weighted by Crippen LogP contribution is 2.12. The van der Waals surface area contributed by atoms with E-state index in [9.17, 15) is 19.5 Å². The number of nitrogens with zero attached hydrogens (tertiary/aromatic N) is 1. The lowest BCUT2D eigenvalue weighted by Crippen LogP contribution is -2.55. The van der Waals surface area contributed by atoms with Gasteiger partial charge in [0.1, 0.15) is 12.6 Å². The van der Waals surface area contributed by atoms with E-state index in [0.717, 1.165) is 103 Å². The van der Waals surface area contributed by atoms with E-state index in [0.29, 0.717) is 12.8 Å². The highest BCUT2D eigenvalue weighted by atomic mass is 16.6. The van der Waals surface area contributed by atoms with Crippen LogP contribution in [0.5, 0.6) is 0 Å². The quantitative estimate of drug-likeness (QED) is 0.0200. The molecular weight excluding hydrogens is 763 g/mol. The van der Waals surface area contributed by atoms with E-state index in [1.54, 1.807) is 21.1 Å². The van der Waals surface area contributed by atoms with Gasteiger partial charge in [0.15, 0.2) is 6.10 Å². The topological polar surface area (TPSA) is 102 Å². The van der Waals surface area contributed by atoms with Crippen LogP contribution in [0.15, 0.2) is 122 Å². The van der Waals surface area contributed by atoms with Crippen molar-refractivity contribution >= 4 is 17.9 Å². The fourth-order valence-corrected chi connectivity index (χ4v) is 5.91. The predicted octanol–water partition coefficient (Wildman–Crippen LogP) is 11.7. The van der Waals surface area contributed by atoms with Crippen molar-refractivity contribution in [2.24, 2.45) is 0 Å². The number of ether oxygens (including phenoxy) is 3. The first-order valence-electron chi connectivity index (χ1n) is 23.1. The molecular formula is C53H83NO7. The fourth-order valence-electron chi connectivity index (χ4n) is 5.91. The summed E-state index contributed by atoms with van der Waals surface area (Å²) in [5, 5.41) is 11.6. The summed E-state index contributed by atoms with van der Waals surface area (Å²) in [6.45, 7) is 4.32. The van der Waals surface area contributed by atoms with Crippen LogP contribution in [0, 0.1) is 0 Å². The molecule has 0 aromatic carbocycles. The lowest BCUT2D eigenvalue weighted by atomic mass is 10.1. The number of carboxylic acids is 1. The molecule has 0 heterocycles. The lowest BCUT2D eigenvalue weighted by Gasteiger charge is -2.34. The maximum absolute atomic E-state index is 12.7. The average molecular weight is 846 g/mol. The van der Waals surface area contributed by atoms with E-state index in [-0.39, 0.29) is 49.1 Å². The number of allylic oxidation sites excluding steroid dienone is 20. The van der Waals surface area contributed by atoms with Gasteiger partial charge in [0, 0.05) is 19.3 Å². The van der Waals surface area contributed by atoms with Crippen molar-refractivity contribution in [3.05, 3.63) is 122 Å². The Kier molecular flexibility index (Phi) is 39.5. The molecule has 0 fully saturated rings. The molecule has 2 unspecified atom stereocenters. The van der Waals surface area contributed by atoms with Crippen LogP contribution in [-0.2, 0) is 28.6 Å². The number of hydrogen-bond donors (Lipinski definition) is 0. The fraction of sp³-hybridized carbons (Fsp3) is 0.566. The van der Waals surface area contributed by atoms with Gasteiger partial charge in [-0.1, -0.05) is 161 Å². The number of carbonyl (C=O) groups is 3. The minimum absolute atomic E-state index is 0.00978. The van der Waals surface area contributed by atoms with Crippen molar-refractivity contribution in [3.8, 4) is 0 Å². The van der Waals surface area contributed by atoms with Crippen LogP contribution >= 0.6 is 0 Å². The van der Waals surface area contributed by atoms with Crippen molar-refractivity contribution in [1.29, 1.82) is 0 Å². The van der Waals surface area contributed by atoms with E-state index in [1.165, 1.54) is 0 Å². The summed E-state index contributed by atoms with van der Waals surface area (Å²) in [4.78, 5) is 36.9. The number of likely N-dealkylation sites (N-methyl/N-ethyl adjacent to an activating group) is 1. The first-order valence-corrected chi connectivity index (χ1v) is 23.1. The van der Waals surface area contributed by atoms with Crippen molar-refractivity contribution in [1.82, 2.24) is 0 Å². The van der Waals surface area contributed by atoms with Gasteiger partial charge in [0.25, 0.3) is 0 Å². The van der Waals surface area contributed by atoms with Gasteiger partial charge >= 0.3 is 11.9 Å². The summed E-state index contributed by atoms with van der Waals surface area (Å²) < 4.78 is 17.1. The molecule has 8 nitrogen and oxygen atoms in total. The van der Waals surface area contributed by atoms with E-state index < -0.39 is 18.1 Å². The summed E-state index contributed by atoms with van der Waals surface area (Å²) in [7, 11) is 5.37. The largest absolute Gasteiger partial charge is 0.544 e. The van der Waals surface area contributed by atoms with Crippen molar-refractivity contribution in [3.63, 3.8) is 0 Å². The van der Waals surface area contributed by atoms with E-state index in [2.05, 4.69) is 105 Å². The smallest absolute Gasteiger partial charge is 0.306 e. The number of esters is 2. The van der Waals surface area contributed by atoms with E-state index >= 15 is 0 Å². The maximum atomic E-state index is 12.7. The van der Waals surface area contributed by atoms with Gasteiger partial charge in [-0.25, -0.2) is 0 Å². The first-order chi connectivity index (χ1) is 29.6. The van der Waals surface area contributed by atoms with Crippen LogP contribution in [-0.4, -0.2) is 75.5 Å². The maximum Gasteiger partial charge on any atom is 0.306 e. The van der Waals surface area contributed by atoms with E-state index in [1.807, 2.05) is 30.4 Å².